The fourth-order valence-corrected chi connectivity index (χ4v) is 3.69. The van der Waals surface area contributed by atoms with Gasteiger partial charge in [-0.2, -0.15) is 5.10 Å². The summed E-state index contributed by atoms with van der Waals surface area (Å²) in [6, 6.07) is 14.1. The second-order valence-corrected chi connectivity index (χ2v) is 6.90. The van der Waals surface area contributed by atoms with Crippen LogP contribution in [0.2, 0.25) is 0 Å². The van der Waals surface area contributed by atoms with Crippen LogP contribution in [0.3, 0.4) is 0 Å². The number of carbonyl (C=O) groups excluding carboxylic acids is 1. The van der Waals surface area contributed by atoms with Gasteiger partial charge in [-0.05, 0) is 49.1 Å². The minimum Gasteiger partial charge on any atom is -0.493 e. The van der Waals surface area contributed by atoms with Crippen molar-refractivity contribution in [1.29, 1.82) is 0 Å². The molecule has 1 atom stereocenters. The molecular formula is C22H22N2O3. The van der Waals surface area contributed by atoms with E-state index >= 15 is 0 Å². The van der Waals surface area contributed by atoms with Crippen LogP contribution < -0.4 is 9.47 Å². The Morgan fingerprint density at radius 2 is 1.74 bits per heavy atom. The summed E-state index contributed by atoms with van der Waals surface area (Å²) in [4.78, 5) is 12.7. The number of aryl methyl sites for hydroxylation is 1. The maximum atomic E-state index is 12.7. The van der Waals surface area contributed by atoms with Gasteiger partial charge in [0, 0.05) is 6.42 Å². The second kappa shape index (κ2) is 6.91. The average molecular weight is 362 g/mol. The Hall–Kier alpha value is -3.08. The standard InChI is InChI=1S/C22H22N2O3/c1-14-4-7-17(8-5-14)24-19-10-16(11-20(25)18(19)13-23-24)15-6-9-21(26-2)22(12-15)27-3/h4-9,12-13,16H,10-11H2,1-3H3/t16-/m1/s1. The van der Waals surface area contributed by atoms with Gasteiger partial charge in [-0.25, -0.2) is 4.68 Å². The Morgan fingerprint density at radius 1 is 1.00 bits per heavy atom. The topological polar surface area (TPSA) is 53.3 Å². The van der Waals surface area contributed by atoms with Crippen molar-refractivity contribution >= 4 is 5.78 Å². The van der Waals surface area contributed by atoms with Gasteiger partial charge in [-0.15, -0.1) is 0 Å². The smallest absolute Gasteiger partial charge is 0.166 e. The summed E-state index contributed by atoms with van der Waals surface area (Å²) in [5, 5.41) is 4.49. The summed E-state index contributed by atoms with van der Waals surface area (Å²) in [6.45, 7) is 2.05. The molecule has 1 aliphatic rings. The molecule has 27 heavy (non-hydrogen) atoms. The number of rotatable bonds is 4. The van der Waals surface area contributed by atoms with Crippen molar-refractivity contribution < 1.29 is 14.3 Å². The minimum absolute atomic E-state index is 0.0886. The molecule has 0 saturated carbocycles. The lowest BCUT2D eigenvalue weighted by atomic mass is 9.82. The third kappa shape index (κ3) is 3.10. The largest absolute Gasteiger partial charge is 0.493 e. The van der Waals surface area contributed by atoms with E-state index in [-0.39, 0.29) is 11.7 Å². The third-order valence-electron chi connectivity index (χ3n) is 5.20. The first kappa shape index (κ1) is 17.3. The fraction of sp³-hybridized carbons (Fsp3) is 0.273. The van der Waals surface area contributed by atoms with E-state index in [1.807, 2.05) is 35.0 Å². The summed E-state index contributed by atoms with van der Waals surface area (Å²) in [5.74, 6) is 1.59. The van der Waals surface area contributed by atoms with Crippen molar-refractivity contribution in [2.45, 2.75) is 25.7 Å². The molecule has 0 fully saturated rings. The minimum atomic E-state index is 0.0886. The van der Waals surface area contributed by atoms with Crippen molar-refractivity contribution in [3.8, 4) is 17.2 Å². The van der Waals surface area contributed by atoms with E-state index in [0.717, 1.165) is 28.9 Å². The molecule has 0 amide bonds. The Balaban J connectivity index is 1.71. The van der Waals surface area contributed by atoms with E-state index in [0.29, 0.717) is 17.9 Å². The zero-order chi connectivity index (χ0) is 19.0. The number of nitrogens with zero attached hydrogens (tertiary/aromatic N) is 2. The Labute approximate surface area is 158 Å². The molecule has 2 aromatic carbocycles. The zero-order valence-electron chi connectivity index (χ0n) is 15.7. The van der Waals surface area contributed by atoms with E-state index in [9.17, 15) is 4.79 Å². The molecule has 0 aliphatic heterocycles. The van der Waals surface area contributed by atoms with Crippen molar-refractivity contribution in [2.24, 2.45) is 0 Å². The van der Waals surface area contributed by atoms with Gasteiger partial charge in [0.25, 0.3) is 0 Å². The molecule has 138 valence electrons. The molecule has 5 nitrogen and oxygen atoms in total. The third-order valence-corrected chi connectivity index (χ3v) is 5.20. The van der Waals surface area contributed by atoms with Crippen molar-refractivity contribution in [1.82, 2.24) is 9.78 Å². The molecule has 0 unspecified atom stereocenters. The Bertz CT molecular complexity index is 989. The summed E-state index contributed by atoms with van der Waals surface area (Å²) in [7, 11) is 3.24. The van der Waals surface area contributed by atoms with Crippen LogP contribution in [0.25, 0.3) is 5.69 Å². The van der Waals surface area contributed by atoms with E-state index in [1.165, 1.54) is 5.56 Å². The normalized spacial score (nSPS) is 16.1. The highest BCUT2D eigenvalue weighted by Crippen LogP contribution is 2.37. The van der Waals surface area contributed by atoms with Crippen LogP contribution in [0.1, 0.15) is 39.5 Å². The van der Waals surface area contributed by atoms with Gasteiger partial charge in [0.15, 0.2) is 17.3 Å². The lowest BCUT2D eigenvalue weighted by Gasteiger charge is -2.23. The van der Waals surface area contributed by atoms with Crippen LogP contribution >= 0.6 is 0 Å². The quantitative estimate of drug-likeness (QED) is 0.701. The van der Waals surface area contributed by atoms with Gasteiger partial charge in [-0.3, -0.25) is 4.79 Å². The number of benzene rings is 2. The average Bonchev–Trinajstić information content (AvgIpc) is 3.12. The molecule has 1 aliphatic carbocycles. The number of ether oxygens (including phenoxy) is 2. The SMILES string of the molecule is COc1ccc([C@H]2CC(=O)c3cnn(-c4ccc(C)cc4)c3C2)cc1OC. The van der Waals surface area contributed by atoms with Crippen molar-refractivity contribution in [3.63, 3.8) is 0 Å². The van der Waals surface area contributed by atoms with E-state index < -0.39 is 0 Å². The lowest BCUT2D eigenvalue weighted by molar-refractivity contribution is 0.0963. The highest BCUT2D eigenvalue weighted by Gasteiger charge is 2.30. The number of hydrogen-bond acceptors (Lipinski definition) is 4. The summed E-state index contributed by atoms with van der Waals surface area (Å²) in [5.41, 5.74) is 4.94. The summed E-state index contributed by atoms with van der Waals surface area (Å²) >= 11 is 0. The lowest BCUT2D eigenvalue weighted by Crippen LogP contribution is -2.20. The van der Waals surface area contributed by atoms with Crippen molar-refractivity contribution in [2.75, 3.05) is 14.2 Å². The first-order valence-corrected chi connectivity index (χ1v) is 8.99. The number of methoxy groups -OCH3 is 2. The molecular weight excluding hydrogens is 340 g/mol. The number of aromatic nitrogens is 2. The van der Waals surface area contributed by atoms with Gasteiger partial charge >= 0.3 is 0 Å². The number of carbonyl (C=O) groups is 1. The van der Waals surface area contributed by atoms with E-state index in [1.54, 1.807) is 20.4 Å². The first-order chi connectivity index (χ1) is 13.1. The predicted octanol–water partition coefficient (Wildman–Crippen LogP) is 4.11. The molecule has 1 aromatic heterocycles. The van der Waals surface area contributed by atoms with E-state index in [4.69, 9.17) is 9.47 Å². The molecule has 0 N–H and O–H groups in total. The Kier molecular flexibility index (Phi) is 4.44. The number of Topliss-reactive ketones (excluding diaryl/α,β-unsaturated/α-hetero) is 1. The zero-order valence-corrected chi connectivity index (χ0v) is 15.7. The van der Waals surface area contributed by atoms with Gasteiger partial charge in [0.05, 0.1) is 37.4 Å². The van der Waals surface area contributed by atoms with Gasteiger partial charge in [-0.1, -0.05) is 23.8 Å². The van der Waals surface area contributed by atoms with Gasteiger partial charge in [0.2, 0.25) is 0 Å². The Morgan fingerprint density at radius 3 is 2.44 bits per heavy atom. The fourth-order valence-electron chi connectivity index (χ4n) is 3.69. The molecule has 0 spiro atoms. The summed E-state index contributed by atoms with van der Waals surface area (Å²) in [6.07, 6.45) is 2.93. The van der Waals surface area contributed by atoms with Crippen LogP contribution in [-0.2, 0) is 6.42 Å². The summed E-state index contributed by atoms with van der Waals surface area (Å²) < 4.78 is 12.6. The van der Waals surface area contributed by atoms with Gasteiger partial charge in [0.1, 0.15) is 0 Å². The maximum absolute atomic E-state index is 12.7. The molecule has 5 heteroatoms. The van der Waals surface area contributed by atoms with Crippen LogP contribution in [0, 0.1) is 6.92 Å². The molecule has 0 radical (unpaired) electrons. The highest BCUT2D eigenvalue weighted by atomic mass is 16.5. The monoisotopic (exact) mass is 362 g/mol. The number of fused-ring (bicyclic) bond motifs is 1. The molecule has 4 rings (SSSR count). The molecule has 1 heterocycles. The molecule has 3 aromatic rings. The highest BCUT2D eigenvalue weighted by molar-refractivity contribution is 5.98. The van der Waals surface area contributed by atoms with Crippen LogP contribution in [0.5, 0.6) is 11.5 Å². The van der Waals surface area contributed by atoms with Crippen LogP contribution in [-0.4, -0.2) is 29.8 Å². The van der Waals surface area contributed by atoms with Gasteiger partial charge < -0.3 is 9.47 Å². The first-order valence-electron chi connectivity index (χ1n) is 8.99. The molecule has 0 bridgehead atoms. The maximum Gasteiger partial charge on any atom is 0.166 e. The predicted molar refractivity (Wildman–Crippen MR) is 103 cm³/mol. The van der Waals surface area contributed by atoms with E-state index in [2.05, 4.69) is 24.2 Å². The van der Waals surface area contributed by atoms with Crippen LogP contribution in [0.15, 0.2) is 48.7 Å². The van der Waals surface area contributed by atoms with Crippen LogP contribution in [0.4, 0.5) is 0 Å². The molecule has 0 saturated heterocycles. The van der Waals surface area contributed by atoms with Crippen molar-refractivity contribution in [3.05, 3.63) is 71.0 Å². The number of ketones is 1. The second-order valence-electron chi connectivity index (χ2n) is 6.90. The number of hydrogen-bond donors (Lipinski definition) is 0.